The number of carbonyl (C=O) groups is 3. The molecule has 0 saturated carbocycles. The van der Waals surface area contributed by atoms with Gasteiger partial charge in [0.15, 0.2) is 45.0 Å². The van der Waals surface area contributed by atoms with E-state index in [1.165, 1.54) is 43.6 Å². The number of anilines is 2. The molecule has 0 bridgehead atoms. The molecule has 0 atom stereocenters. The Labute approximate surface area is 692 Å². The second-order valence-corrected chi connectivity index (χ2v) is 27.5. The summed E-state index contributed by atoms with van der Waals surface area (Å²) >= 11 is 0. The van der Waals surface area contributed by atoms with E-state index >= 15 is 0 Å². The van der Waals surface area contributed by atoms with Gasteiger partial charge < -0.3 is 53.5 Å². The Morgan fingerprint density at radius 3 is 1.18 bits per heavy atom. The van der Waals surface area contributed by atoms with Crippen molar-refractivity contribution in [3.63, 3.8) is 0 Å². The lowest BCUT2D eigenvalue weighted by molar-refractivity contribution is -0.0500. The van der Waals surface area contributed by atoms with Crippen molar-refractivity contribution < 1.29 is 78.8 Å². The number of nitrogens with zero attached hydrogens (tertiary/aromatic N) is 14. The maximum atomic E-state index is 13.5. The maximum Gasteiger partial charge on any atom is 0.534 e. The Bertz CT molecular complexity index is 6430. The van der Waals surface area contributed by atoms with E-state index in [1.54, 1.807) is 70.4 Å². The molecule has 10 aromatic heterocycles. The number of esters is 3. The van der Waals surface area contributed by atoms with Crippen LogP contribution in [0.25, 0.3) is 44.1 Å². The van der Waals surface area contributed by atoms with Crippen molar-refractivity contribution in [1.29, 1.82) is 0 Å². The molecule has 3 N–H and O–H groups in total. The van der Waals surface area contributed by atoms with E-state index < -0.39 is 83.9 Å². The molecule has 0 unspecified atom stereocenters. The molecule has 630 valence electrons. The topological polar surface area (TPSA) is 420 Å². The van der Waals surface area contributed by atoms with Crippen LogP contribution in [0.2, 0.25) is 0 Å². The molecule has 4 aromatic carbocycles. The summed E-state index contributed by atoms with van der Waals surface area (Å²) in [7, 11) is -6.27. The SMILES string of the molecule is CCOC(=O)c1c(NCCc2ccccn2)c2c(C)ncnc2n(OCc2ccccc2)c1=O.CCOC(=O)c1c(O)c2c(C)ncnc2n(OCc2ccccc2)c1=O.CCOC(=O)c1c(OS(=O)(=O)C(F)(F)F)c2c(C)ncnc2n(OCc2ccccc2)c1=O.Cc1ncnc2c1c(NCCc1ccccn1)cc(=O)n2OCc1ccccc1. The van der Waals surface area contributed by atoms with Crippen molar-refractivity contribution in [2.45, 2.75) is 93.2 Å². The number of fused-ring (bicyclic) bond motifs is 4. The first-order valence-corrected chi connectivity index (χ1v) is 39.0. The minimum absolute atomic E-state index is 0.0604. The number of aryl methyl sites for hydroxylation is 4. The smallest absolute Gasteiger partial charge is 0.506 e. The fraction of sp³-hybridized carbons (Fsp3) is 0.226. The number of hydrogen-bond donors (Lipinski definition) is 3. The molecule has 122 heavy (non-hydrogen) atoms. The molecule has 14 aromatic rings. The fourth-order valence-corrected chi connectivity index (χ4v) is 12.5. The highest BCUT2D eigenvalue weighted by Gasteiger charge is 2.50. The van der Waals surface area contributed by atoms with Crippen LogP contribution in [-0.4, -0.2) is 139 Å². The van der Waals surface area contributed by atoms with Crippen LogP contribution in [0.5, 0.6) is 11.5 Å². The summed E-state index contributed by atoms with van der Waals surface area (Å²) in [6.07, 6.45) is 9.85. The highest BCUT2D eigenvalue weighted by Crippen LogP contribution is 2.35. The molecule has 14 rings (SSSR count). The molecule has 0 aliphatic rings. The van der Waals surface area contributed by atoms with Gasteiger partial charge in [0.2, 0.25) is 0 Å². The van der Waals surface area contributed by atoms with Crippen molar-refractivity contribution in [3.8, 4) is 11.5 Å². The highest BCUT2D eigenvalue weighted by molar-refractivity contribution is 7.88. The number of aromatic hydroxyl groups is 1. The molecule has 0 aliphatic carbocycles. The molecule has 34 nitrogen and oxygen atoms in total. The quantitative estimate of drug-likeness (QED) is 0.0178. The van der Waals surface area contributed by atoms with Crippen molar-refractivity contribution in [1.82, 2.24) is 68.8 Å². The highest BCUT2D eigenvalue weighted by atomic mass is 32.2. The van der Waals surface area contributed by atoms with Crippen LogP contribution in [-0.2, 0) is 63.6 Å². The van der Waals surface area contributed by atoms with E-state index in [0.29, 0.717) is 63.6 Å². The number of hydrogen-bond acceptors (Lipinski definition) is 30. The fourth-order valence-electron chi connectivity index (χ4n) is 12.0. The third kappa shape index (κ3) is 21.1. The number of alkyl halides is 3. The predicted octanol–water partition coefficient (Wildman–Crippen LogP) is 9.48. The molecule has 0 aliphatic heterocycles. The first-order chi connectivity index (χ1) is 58.8. The summed E-state index contributed by atoms with van der Waals surface area (Å²) in [5.74, 6) is -4.81. The van der Waals surface area contributed by atoms with Gasteiger partial charge in [-0.3, -0.25) is 29.1 Å². The van der Waals surface area contributed by atoms with Gasteiger partial charge in [0.25, 0.3) is 5.56 Å². The van der Waals surface area contributed by atoms with Gasteiger partial charge in [-0.15, -0.1) is 18.9 Å². The lowest BCUT2D eigenvalue weighted by Gasteiger charge is -2.18. The van der Waals surface area contributed by atoms with E-state index in [9.17, 15) is 60.3 Å². The Balaban J connectivity index is 0.000000159. The van der Waals surface area contributed by atoms with E-state index in [4.69, 9.17) is 33.6 Å². The normalized spacial score (nSPS) is 11.1. The molecule has 10 heterocycles. The van der Waals surface area contributed by atoms with Crippen molar-refractivity contribution >= 4 is 83.5 Å². The summed E-state index contributed by atoms with van der Waals surface area (Å²) in [5.41, 5.74) is -2.54. The average Bonchev–Trinajstić information content (AvgIpc) is 0.740. The first-order valence-electron chi connectivity index (χ1n) is 37.6. The molecular weight excluding hydrogens is 1610 g/mol. The van der Waals surface area contributed by atoms with Crippen LogP contribution in [0, 0.1) is 27.7 Å². The van der Waals surface area contributed by atoms with Gasteiger partial charge >= 0.3 is 50.2 Å². The van der Waals surface area contributed by atoms with Crippen LogP contribution < -0.4 is 56.4 Å². The van der Waals surface area contributed by atoms with Gasteiger partial charge in [-0.05, 0) is 95.0 Å². The van der Waals surface area contributed by atoms with Crippen LogP contribution in [0.1, 0.15) is 108 Å². The number of aromatic nitrogens is 14. The van der Waals surface area contributed by atoms with E-state index in [1.807, 2.05) is 134 Å². The summed E-state index contributed by atoms with van der Waals surface area (Å²) in [6, 6.07) is 49.8. The van der Waals surface area contributed by atoms with E-state index in [-0.39, 0.29) is 79.7 Å². The standard InChI is InChI=1S/C25H25N5O4.C22H21N5O2.C19H16F3N3O7S.C18H17N3O5/c1-3-33-25(32)21-22(27-14-12-19-11-7-8-13-26-19)20-17(2)28-16-29-23(20)30(24(21)31)34-15-18-9-5-4-6-10-18;1-16-21-19(24-12-10-18-9-5-6-11-23-18)13-20(28)27(22(21)26-15-25-16)29-14-17-7-3-2-4-8-17;1-3-30-18(27)14-15(32-33(28,29)19(20,21)22)13-11(2)23-10-24-16(13)25(17(14)26)31-9-12-7-5-4-6-8-12;1-3-25-18(24)14-15(22)13-11(2)19-10-20-16(13)21(17(14)23)26-9-12-7-5-4-6-8-12/h4-11,13,16,27H,3,12,14-15H2,1-2H3;2-9,11,13,15,24H,10,12,14H2,1H3;4-8,10H,3,9H2,1-2H3;4-8,10,22H,3,9H2,1-2H3. The number of pyridine rings is 6. The van der Waals surface area contributed by atoms with Gasteiger partial charge in [-0.2, -0.15) is 21.6 Å². The second-order valence-electron chi connectivity index (χ2n) is 26.0. The first kappa shape index (κ1) is 87.7. The monoisotopic (exact) mass is 1690 g/mol. The van der Waals surface area contributed by atoms with E-state index in [0.717, 1.165) is 61.4 Å². The molecule has 0 amide bonds. The van der Waals surface area contributed by atoms with Crippen molar-refractivity contribution in [2.24, 2.45) is 0 Å². The minimum Gasteiger partial charge on any atom is -0.506 e. The summed E-state index contributed by atoms with van der Waals surface area (Å²) in [4.78, 5) is 154. The Morgan fingerprint density at radius 1 is 0.418 bits per heavy atom. The zero-order valence-corrected chi connectivity index (χ0v) is 67.3. The third-order valence-corrected chi connectivity index (χ3v) is 18.7. The molecule has 38 heteroatoms. The van der Waals surface area contributed by atoms with Crippen LogP contribution in [0.4, 0.5) is 24.5 Å². The Hall–Kier alpha value is -15.1. The lowest BCUT2D eigenvalue weighted by Crippen LogP contribution is -2.35. The lowest BCUT2D eigenvalue weighted by atomic mass is 10.1. The van der Waals surface area contributed by atoms with Gasteiger partial charge in [-0.25, -0.2) is 54.3 Å². The van der Waals surface area contributed by atoms with E-state index in [2.05, 4.69) is 64.7 Å². The molecular formula is C84H79F3N16O18S. The summed E-state index contributed by atoms with van der Waals surface area (Å²) in [5, 5.41) is 18.0. The van der Waals surface area contributed by atoms with Crippen LogP contribution in [0.3, 0.4) is 0 Å². The third-order valence-electron chi connectivity index (χ3n) is 17.8. The van der Waals surface area contributed by atoms with Crippen molar-refractivity contribution in [2.75, 3.05) is 43.5 Å². The predicted molar refractivity (Wildman–Crippen MR) is 439 cm³/mol. The number of ether oxygens (including phenoxy) is 3. The number of rotatable bonds is 28. The Morgan fingerprint density at radius 2 is 0.762 bits per heavy atom. The summed E-state index contributed by atoms with van der Waals surface area (Å²) < 4.78 is 85.4. The van der Waals surface area contributed by atoms with Crippen LogP contribution in [0.15, 0.2) is 221 Å². The van der Waals surface area contributed by atoms with Gasteiger partial charge in [0.05, 0.1) is 75.5 Å². The second kappa shape index (κ2) is 40.8. The summed E-state index contributed by atoms with van der Waals surface area (Å²) in [6.45, 7) is 12.5. The van der Waals surface area contributed by atoms with Crippen LogP contribution >= 0.6 is 0 Å². The molecule has 0 spiro atoms. The van der Waals surface area contributed by atoms with Gasteiger partial charge in [0.1, 0.15) is 57.5 Å². The molecule has 0 fully saturated rings. The van der Waals surface area contributed by atoms with Crippen molar-refractivity contribution in [3.05, 3.63) is 316 Å². The average molecular weight is 1690 g/mol. The zero-order chi connectivity index (χ0) is 87.0. The minimum atomic E-state index is -6.27. The van der Waals surface area contributed by atoms with Gasteiger partial charge in [0, 0.05) is 55.8 Å². The number of carbonyl (C=O) groups excluding carboxylic acids is 3. The molecule has 0 saturated heterocycles. The maximum absolute atomic E-state index is 13.5. The Kier molecular flexibility index (Phi) is 29.4. The number of benzene rings is 4. The number of nitrogens with one attached hydrogen (secondary N) is 2. The molecule has 0 radical (unpaired) electrons. The van der Waals surface area contributed by atoms with Gasteiger partial charge in [-0.1, -0.05) is 133 Å². The zero-order valence-electron chi connectivity index (χ0n) is 66.5. The number of halogens is 3. The largest absolute Gasteiger partial charge is 0.534 e.